The number of guanidine groups is 1. The van der Waals surface area contributed by atoms with Gasteiger partial charge in [-0.15, -0.1) is 24.0 Å². The van der Waals surface area contributed by atoms with Crippen LogP contribution in [0, 0.1) is 0 Å². The molecule has 6 nitrogen and oxygen atoms in total. The number of amides is 1. The van der Waals surface area contributed by atoms with Crippen LogP contribution in [0.1, 0.15) is 41.6 Å². The van der Waals surface area contributed by atoms with Crippen molar-refractivity contribution < 1.29 is 4.79 Å². The summed E-state index contributed by atoms with van der Waals surface area (Å²) in [6.45, 7) is 5.19. The van der Waals surface area contributed by atoms with E-state index in [0.29, 0.717) is 5.56 Å². The molecule has 1 saturated heterocycles. The number of aliphatic imine (C=N–C) groups is 1. The Bertz CT molecular complexity index is 585. The molecule has 3 N–H and O–H groups in total. The molecule has 152 valence electrons. The van der Waals surface area contributed by atoms with E-state index in [1.807, 2.05) is 24.3 Å². The molecule has 1 aromatic rings. The maximum atomic E-state index is 11.7. The lowest BCUT2D eigenvalue weighted by molar-refractivity contribution is 0.0963. The third kappa shape index (κ3) is 8.92. The van der Waals surface area contributed by atoms with Gasteiger partial charge in [-0.05, 0) is 50.0 Å². The first kappa shape index (κ1) is 23.7. The highest BCUT2D eigenvalue weighted by molar-refractivity contribution is 14.0. The van der Waals surface area contributed by atoms with Crippen LogP contribution in [0.5, 0.6) is 0 Å². The highest BCUT2D eigenvalue weighted by atomic mass is 127. The molecule has 1 fully saturated rings. The van der Waals surface area contributed by atoms with Crippen LogP contribution >= 0.6 is 24.0 Å². The van der Waals surface area contributed by atoms with Crippen molar-refractivity contribution in [2.75, 3.05) is 46.8 Å². The highest BCUT2D eigenvalue weighted by Gasteiger charge is 2.08. The Morgan fingerprint density at radius 2 is 1.81 bits per heavy atom. The second-order valence-corrected chi connectivity index (χ2v) is 6.71. The van der Waals surface area contributed by atoms with Crippen molar-refractivity contribution in [2.24, 2.45) is 4.99 Å². The fourth-order valence-electron chi connectivity index (χ4n) is 3.25. The van der Waals surface area contributed by atoms with E-state index in [-0.39, 0.29) is 29.9 Å². The molecule has 1 aromatic carbocycles. The van der Waals surface area contributed by atoms with Crippen molar-refractivity contribution in [3.8, 4) is 0 Å². The standard InChI is InChI=1S/C20H33N5O.HI/c1-21-19(26)18-9-7-8-17(16-18)10-11-23-20(22-2)24-12-15-25-13-5-3-4-6-14-25;/h7-9,16H,3-6,10-15H2,1-2H3,(H,21,26)(H2,22,23,24);1H. The average molecular weight is 487 g/mol. The molecule has 1 aliphatic heterocycles. The predicted octanol–water partition coefficient (Wildman–Crippen LogP) is 2.25. The van der Waals surface area contributed by atoms with Crippen LogP contribution in [-0.4, -0.2) is 63.6 Å². The van der Waals surface area contributed by atoms with Gasteiger partial charge in [0.1, 0.15) is 0 Å². The molecule has 2 rings (SSSR count). The molecular weight excluding hydrogens is 453 g/mol. The van der Waals surface area contributed by atoms with Gasteiger partial charge in [-0.25, -0.2) is 0 Å². The number of benzene rings is 1. The van der Waals surface area contributed by atoms with E-state index in [9.17, 15) is 4.79 Å². The van der Waals surface area contributed by atoms with Crippen molar-refractivity contribution in [3.05, 3.63) is 35.4 Å². The lowest BCUT2D eigenvalue weighted by atomic mass is 10.1. The molecule has 0 unspecified atom stereocenters. The molecule has 0 spiro atoms. The van der Waals surface area contributed by atoms with Gasteiger partial charge < -0.3 is 20.9 Å². The number of nitrogens with one attached hydrogen (secondary N) is 3. The zero-order chi connectivity index (χ0) is 18.6. The summed E-state index contributed by atoms with van der Waals surface area (Å²) in [7, 11) is 3.45. The first-order valence-electron chi connectivity index (χ1n) is 9.71. The Morgan fingerprint density at radius 3 is 2.48 bits per heavy atom. The summed E-state index contributed by atoms with van der Waals surface area (Å²) >= 11 is 0. The summed E-state index contributed by atoms with van der Waals surface area (Å²) in [5, 5.41) is 9.40. The highest BCUT2D eigenvalue weighted by Crippen LogP contribution is 2.08. The maximum Gasteiger partial charge on any atom is 0.251 e. The van der Waals surface area contributed by atoms with Crippen LogP contribution in [0.3, 0.4) is 0 Å². The zero-order valence-corrected chi connectivity index (χ0v) is 18.9. The van der Waals surface area contributed by atoms with E-state index in [0.717, 1.165) is 37.6 Å². The summed E-state index contributed by atoms with van der Waals surface area (Å²) < 4.78 is 0. The molecule has 0 aliphatic carbocycles. The smallest absolute Gasteiger partial charge is 0.251 e. The Kier molecular flexibility index (Phi) is 12.1. The molecule has 1 amide bonds. The molecular formula is C20H34IN5O. The minimum Gasteiger partial charge on any atom is -0.356 e. The molecule has 1 heterocycles. The summed E-state index contributed by atoms with van der Waals surface area (Å²) in [5.74, 6) is 0.785. The second-order valence-electron chi connectivity index (χ2n) is 6.71. The lowest BCUT2D eigenvalue weighted by Crippen LogP contribution is -2.42. The van der Waals surface area contributed by atoms with Crippen LogP contribution in [0.4, 0.5) is 0 Å². The van der Waals surface area contributed by atoms with Crippen LogP contribution in [0.2, 0.25) is 0 Å². The number of carbonyl (C=O) groups is 1. The van der Waals surface area contributed by atoms with Crippen LogP contribution < -0.4 is 16.0 Å². The summed E-state index contributed by atoms with van der Waals surface area (Å²) in [4.78, 5) is 18.5. The van der Waals surface area contributed by atoms with Gasteiger partial charge >= 0.3 is 0 Å². The fraction of sp³-hybridized carbons (Fsp3) is 0.600. The van der Waals surface area contributed by atoms with Crippen molar-refractivity contribution in [1.82, 2.24) is 20.9 Å². The Balaban J connectivity index is 0.00000364. The summed E-state index contributed by atoms with van der Waals surface area (Å²) in [5.41, 5.74) is 1.84. The lowest BCUT2D eigenvalue weighted by Gasteiger charge is -2.20. The van der Waals surface area contributed by atoms with Crippen molar-refractivity contribution in [1.29, 1.82) is 0 Å². The van der Waals surface area contributed by atoms with Crippen LogP contribution in [0.25, 0.3) is 0 Å². The molecule has 0 radical (unpaired) electrons. The van der Waals surface area contributed by atoms with Gasteiger partial charge in [0.25, 0.3) is 5.91 Å². The van der Waals surface area contributed by atoms with E-state index in [1.165, 1.54) is 38.8 Å². The number of hydrogen-bond acceptors (Lipinski definition) is 3. The van der Waals surface area contributed by atoms with Gasteiger partial charge in [-0.3, -0.25) is 9.79 Å². The molecule has 7 heteroatoms. The largest absolute Gasteiger partial charge is 0.356 e. The second kappa shape index (κ2) is 13.8. The normalized spacial score (nSPS) is 15.4. The fourth-order valence-corrected chi connectivity index (χ4v) is 3.25. The minimum absolute atomic E-state index is 0. The van der Waals surface area contributed by atoms with Gasteiger partial charge in [0.05, 0.1) is 0 Å². The van der Waals surface area contributed by atoms with Crippen molar-refractivity contribution >= 4 is 35.8 Å². The van der Waals surface area contributed by atoms with Crippen molar-refractivity contribution in [3.63, 3.8) is 0 Å². The number of rotatable bonds is 7. The number of likely N-dealkylation sites (tertiary alicyclic amines) is 1. The third-order valence-electron chi connectivity index (χ3n) is 4.77. The van der Waals surface area contributed by atoms with Gasteiger partial charge in [-0.2, -0.15) is 0 Å². The number of halogens is 1. The first-order valence-corrected chi connectivity index (χ1v) is 9.71. The number of hydrogen-bond donors (Lipinski definition) is 3. The van der Waals surface area contributed by atoms with Gasteiger partial charge in [0, 0.05) is 39.3 Å². The van der Waals surface area contributed by atoms with E-state index in [4.69, 9.17) is 0 Å². The Hall–Kier alpha value is -1.35. The number of nitrogens with zero attached hydrogens (tertiary/aromatic N) is 2. The van der Waals surface area contributed by atoms with Crippen LogP contribution in [-0.2, 0) is 6.42 Å². The molecule has 0 saturated carbocycles. The first-order chi connectivity index (χ1) is 12.7. The van der Waals surface area contributed by atoms with E-state index >= 15 is 0 Å². The van der Waals surface area contributed by atoms with E-state index in [1.54, 1.807) is 14.1 Å². The monoisotopic (exact) mass is 487 g/mol. The Labute approximate surface area is 180 Å². The SMILES string of the molecule is CN=C(NCCc1cccc(C(=O)NC)c1)NCCN1CCCCCC1.I. The van der Waals surface area contributed by atoms with E-state index in [2.05, 4.69) is 25.8 Å². The van der Waals surface area contributed by atoms with Crippen molar-refractivity contribution in [2.45, 2.75) is 32.1 Å². The minimum atomic E-state index is -0.0502. The van der Waals surface area contributed by atoms with E-state index < -0.39 is 0 Å². The van der Waals surface area contributed by atoms with Gasteiger partial charge in [0.2, 0.25) is 0 Å². The average Bonchev–Trinajstić information content (AvgIpc) is 2.95. The predicted molar refractivity (Wildman–Crippen MR) is 123 cm³/mol. The number of carbonyl (C=O) groups excluding carboxylic acids is 1. The molecule has 0 atom stereocenters. The topological polar surface area (TPSA) is 68.8 Å². The van der Waals surface area contributed by atoms with Gasteiger partial charge in [-0.1, -0.05) is 25.0 Å². The quantitative estimate of drug-likeness (QED) is 0.314. The maximum absolute atomic E-state index is 11.7. The zero-order valence-electron chi connectivity index (χ0n) is 16.6. The summed E-state index contributed by atoms with van der Waals surface area (Å²) in [6, 6.07) is 7.74. The van der Waals surface area contributed by atoms with Crippen LogP contribution in [0.15, 0.2) is 29.3 Å². The molecule has 0 aromatic heterocycles. The molecule has 0 bridgehead atoms. The molecule has 1 aliphatic rings. The third-order valence-corrected chi connectivity index (χ3v) is 4.77. The van der Waals surface area contributed by atoms with Gasteiger partial charge in [0.15, 0.2) is 5.96 Å². The Morgan fingerprint density at radius 1 is 1.11 bits per heavy atom. The summed E-state index contributed by atoms with van der Waals surface area (Å²) in [6.07, 6.45) is 6.23. The molecule has 27 heavy (non-hydrogen) atoms.